The predicted octanol–water partition coefficient (Wildman–Crippen LogP) is 1.04. The van der Waals surface area contributed by atoms with Gasteiger partial charge in [-0.25, -0.2) is 4.79 Å². The van der Waals surface area contributed by atoms with Gasteiger partial charge in [0.1, 0.15) is 0 Å². The molecule has 0 aliphatic carbocycles. The Balaban J connectivity index is 1.93. The minimum atomic E-state index is -0.573. The number of aromatic amines is 1. The zero-order valence-electron chi connectivity index (χ0n) is 12.2. The molecule has 3 heterocycles. The second-order valence-corrected chi connectivity index (χ2v) is 5.15. The molecule has 1 N–H and O–H groups in total. The Bertz CT molecular complexity index is 1220. The molecule has 10 nitrogen and oxygen atoms in total. The molecule has 0 atom stereocenters. The highest BCUT2D eigenvalue weighted by Crippen LogP contribution is 2.26. The number of rotatable bonds is 2. The first kappa shape index (κ1) is 13.9. The summed E-state index contributed by atoms with van der Waals surface area (Å²) >= 11 is 0. The van der Waals surface area contributed by atoms with Gasteiger partial charge in [-0.1, -0.05) is 0 Å². The summed E-state index contributed by atoms with van der Waals surface area (Å²) in [7, 11) is 1.49. The number of nitro groups is 1. The molecule has 0 aliphatic rings. The van der Waals surface area contributed by atoms with Crippen molar-refractivity contribution in [3.63, 3.8) is 0 Å². The van der Waals surface area contributed by atoms with E-state index in [1.807, 2.05) is 0 Å². The van der Waals surface area contributed by atoms with Crippen LogP contribution < -0.4 is 11.2 Å². The number of non-ortho nitro benzene ring substituents is 1. The van der Waals surface area contributed by atoms with Crippen molar-refractivity contribution in [3.05, 3.63) is 61.4 Å². The lowest BCUT2D eigenvalue weighted by molar-refractivity contribution is -0.384. The summed E-state index contributed by atoms with van der Waals surface area (Å²) in [5.41, 5.74) is -0.185. The summed E-state index contributed by atoms with van der Waals surface area (Å²) in [6.45, 7) is 0. The van der Waals surface area contributed by atoms with Gasteiger partial charge in [-0.3, -0.25) is 28.9 Å². The molecule has 1 aromatic carbocycles. The van der Waals surface area contributed by atoms with Gasteiger partial charge in [-0.05, 0) is 12.1 Å². The molecule has 120 valence electrons. The first-order chi connectivity index (χ1) is 11.5. The number of nitrogens with zero attached hydrogens (tertiary/aromatic N) is 4. The Morgan fingerprint density at radius 1 is 1.25 bits per heavy atom. The van der Waals surface area contributed by atoms with Crippen molar-refractivity contribution in [2.24, 2.45) is 7.05 Å². The number of aryl methyl sites for hydroxylation is 1. The molecular weight excluding hydrogens is 318 g/mol. The smallest absolute Gasteiger partial charge is 0.329 e. The van der Waals surface area contributed by atoms with E-state index in [2.05, 4.69) is 9.97 Å². The molecule has 0 unspecified atom stereocenters. The van der Waals surface area contributed by atoms with Gasteiger partial charge in [0.15, 0.2) is 16.9 Å². The van der Waals surface area contributed by atoms with E-state index in [0.29, 0.717) is 11.3 Å². The van der Waals surface area contributed by atoms with Gasteiger partial charge in [0.25, 0.3) is 11.2 Å². The highest BCUT2D eigenvalue weighted by Gasteiger charge is 2.17. The van der Waals surface area contributed by atoms with Crippen molar-refractivity contribution in [2.75, 3.05) is 0 Å². The highest BCUT2D eigenvalue weighted by atomic mass is 16.6. The fraction of sp³-hybridized carbons (Fsp3) is 0.0714. The van der Waals surface area contributed by atoms with E-state index in [1.54, 1.807) is 18.3 Å². The molecule has 0 aliphatic heterocycles. The number of nitrogens with one attached hydrogen (secondary N) is 1. The largest absolute Gasteiger partial charge is 0.423 e. The topological polar surface area (TPSA) is 128 Å². The van der Waals surface area contributed by atoms with Crippen LogP contribution in [0.15, 0.2) is 44.5 Å². The average molecular weight is 327 g/mol. The Kier molecular flexibility index (Phi) is 2.70. The molecule has 0 radical (unpaired) electrons. The number of imidazole rings is 1. The zero-order chi connectivity index (χ0) is 17.0. The third-order valence-corrected chi connectivity index (χ3v) is 3.73. The van der Waals surface area contributed by atoms with E-state index in [0.717, 1.165) is 0 Å². The second kappa shape index (κ2) is 4.65. The van der Waals surface area contributed by atoms with Gasteiger partial charge in [0, 0.05) is 24.7 Å². The summed E-state index contributed by atoms with van der Waals surface area (Å²) < 4.78 is 8.25. The number of H-pyrrole nitrogens is 1. The third kappa shape index (κ3) is 1.86. The van der Waals surface area contributed by atoms with Crippen molar-refractivity contribution in [1.82, 2.24) is 18.9 Å². The summed E-state index contributed by atoms with van der Waals surface area (Å²) in [6.07, 6.45) is 1.55. The van der Waals surface area contributed by atoms with Crippen LogP contribution in [0.2, 0.25) is 0 Å². The van der Waals surface area contributed by atoms with Crippen LogP contribution in [0, 0.1) is 10.1 Å². The third-order valence-electron chi connectivity index (χ3n) is 3.73. The van der Waals surface area contributed by atoms with E-state index in [4.69, 9.17) is 4.42 Å². The molecule has 0 amide bonds. The maximum atomic E-state index is 12.0. The van der Waals surface area contributed by atoms with Crippen LogP contribution in [0.3, 0.4) is 0 Å². The Morgan fingerprint density at radius 2 is 1.96 bits per heavy atom. The molecule has 0 saturated carbocycles. The summed E-state index contributed by atoms with van der Waals surface area (Å²) in [5, 5.41) is 10.7. The number of hydrogen-bond donors (Lipinski definition) is 1. The molecule has 3 aromatic heterocycles. The summed E-state index contributed by atoms with van der Waals surface area (Å²) in [4.78, 5) is 40.2. The van der Waals surface area contributed by atoms with Crippen LogP contribution in [-0.4, -0.2) is 23.9 Å². The van der Waals surface area contributed by atoms with Crippen LogP contribution in [-0.2, 0) is 7.05 Å². The number of fused-ring (bicyclic) bond motifs is 3. The molecule has 24 heavy (non-hydrogen) atoms. The van der Waals surface area contributed by atoms with Gasteiger partial charge in [-0.15, -0.1) is 0 Å². The maximum absolute atomic E-state index is 12.0. The number of nitro benzene ring substituents is 1. The lowest BCUT2D eigenvalue weighted by Crippen LogP contribution is -2.28. The average Bonchev–Trinajstić information content (AvgIpc) is 3.10. The number of oxazole rings is 1. The van der Waals surface area contributed by atoms with Crippen molar-refractivity contribution >= 4 is 22.7 Å². The monoisotopic (exact) mass is 327 g/mol. The van der Waals surface area contributed by atoms with Gasteiger partial charge in [0.05, 0.1) is 11.1 Å². The van der Waals surface area contributed by atoms with Crippen molar-refractivity contribution < 1.29 is 9.34 Å². The van der Waals surface area contributed by atoms with E-state index in [-0.39, 0.29) is 22.7 Å². The number of benzene rings is 1. The lowest BCUT2D eigenvalue weighted by atomic mass is 10.2. The van der Waals surface area contributed by atoms with Crippen LogP contribution in [0.5, 0.6) is 0 Å². The SMILES string of the molecule is Cn1c(=O)[nH]c(=O)c2c1nc1oc(-c3ccc([N+](=O)[O-])cc3)cn12. The fourth-order valence-corrected chi connectivity index (χ4v) is 2.50. The van der Waals surface area contributed by atoms with Gasteiger partial charge in [-0.2, -0.15) is 4.98 Å². The van der Waals surface area contributed by atoms with Crippen molar-refractivity contribution in [3.8, 4) is 11.3 Å². The van der Waals surface area contributed by atoms with Crippen LogP contribution >= 0.6 is 0 Å². The molecule has 0 fully saturated rings. The molecule has 0 spiro atoms. The van der Waals surface area contributed by atoms with Crippen LogP contribution in [0.1, 0.15) is 0 Å². The predicted molar refractivity (Wildman–Crippen MR) is 82.9 cm³/mol. The van der Waals surface area contributed by atoms with Gasteiger partial charge in [0.2, 0.25) is 0 Å². The standard InChI is InChI=1S/C14H9N5O5/c1-17-11-10(12(20)16-13(17)21)18-6-9(24-14(18)15-11)7-2-4-8(5-3-7)19(22)23/h2-6H,1H3,(H,16,20,21). The normalized spacial score (nSPS) is 11.4. The first-order valence-corrected chi connectivity index (χ1v) is 6.81. The quantitative estimate of drug-likeness (QED) is 0.433. The van der Waals surface area contributed by atoms with Crippen LogP contribution in [0.25, 0.3) is 28.3 Å². The van der Waals surface area contributed by atoms with E-state index < -0.39 is 16.2 Å². The molecule has 0 saturated heterocycles. The Labute approximate surface area is 131 Å². The fourth-order valence-electron chi connectivity index (χ4n) is 2.50. The molecular formula is C14H9N5O5. The molecule has 0 bridgehead atoms. The lowest BCUT2D eigenvalue weighted by Gasteiger charge is -1.97. The second-order valence-electron chi connectivity index (χ2n) is 5.15. The first-order valence-electron chi connectivity index (χ1n) is 6.81. The van der Waals surface area contributed by atoms with Crippen molar-refractivity contribution in [2.45, 2.75) is 0 Å². The zero-order valence-corrected chi connectivity index (χ0v) is 12.2. The maximum Gasteiger partial charge on any atom is 0.329 e. The van der Waals surface area contributed by atoms with Gasteiger partial charge < -0.3 is 4.42 Å². The molecule has 4 rings (SSSR count). The van der Waals surface area contributed by atoms with Gasteiger partial charge >= 0.3 is 11.5 Å². The number of aromatic nitrogens is 4. The van der Waals surface area contributed by atoms with Crippen molar-refractivity contribution in [1.29, 1.82) is 0 Å². The Morgan fingerprint density at radius 3 is 2.62 bits per heavy atom. The van der Waals surface area contributed by atoms with E-state index in [9.17, 15) is 19.7 Å². The van der Waals surface area contributed by atoms with Crippen LogP contribution in [0.4, 0.5) is 5.69 Å². The summed E-state index contributed by atoms with van der Waals surface area (Å²) in [6, 6.07) is 5.79. The highest BCUT2D eigenvalue weighted by molar-refractivity contribution is 5.76. The number of hydrogen-bond acceptors (Lipinski definition) is 6. The molecule has 4 aromatic rings. The molecule has 10 heteroatoms. The minimum Gasteiger partial charge on any atom is -0.423 e. The summed E-state index contributed by atoms with van der Waals surface area (Å²) in [5.74, 6) is 0.535. The van der Waals surface area contributed by atoms with E-state index in [1.165, 1.54) is 28.1 Å². The Hall–Kier alpha value is -3.69. The van der Waals surface area contributed by atoms with E-state index >= 15 is 0 Å². The minimum absolute atomic E-state index is 0.0352.